The van der Waals surface area contributed by atoms with Crippen LogP contribution in [0.5, 0.6) is 0 Å². The van der Waals surface area contributed by atoms with E-state index in [0.717, 1.165) is 6.42 Å². The van der Waals surface area contributed by atoms with E-state index < -0.39 is 18.1 Å². The number of carboxylic acid groups (broad SMARTS) is 1. The van der Waals surface area contributed by atoms with Gasteiger partial charge in [0.05, 0.1) is 0 Å². The molecule has 114 valence electrons. The van der Waals surface area contributed by atoms with Crippen LogP contribution in [0, 0.1) is 12.3 Å². The van der Waals surface area contributed by atoms with Crippen molar-refractivity contribution in [1.82, 2.24) is 9.80 Å². The summed E-state index contributed by atoms with van der Waals surface area (Å²) in [4.78, 5) is 38.8. The fraction of sp³-hybridized carbons (Fsp3) is 0.667. The highest BCUT2D eigenvalue weighted by molar-refractivity contribution is 5.91. The zero-order valence-corrected chi connectivity index (χ0v) is 12.0. The van der Waals surface area contributed by atoms with Crippen LogP contribution in [0.3, 0.4) is 0 Å². The van der Waals surface area contributed by atoms with E-state index in [-0.39, 0.29) is 18.2 Å². The second kappa shape index (κ2) is 6.61. The third kappa shape index (κ3) is 3.18. The smallest absolute Gasteiger partial charge is 0.326 e. The van der Waals surface area contributed by atoms with E-state index >= 15 is 0 Å². The van der Waals surface area contributed by atoms with E-state index in [0.29, 0.717) is 38.8 Å². The second-order valence-corrected chi connectivity index (χ2v) is 5.48. The molecule has 6 nitrogen and oxygen atoms in total. The van der Waals surface area contributed by atoms with Gasteiger partial charge in [0, 0.05) is 25.9 Å². The fourth-order valence-electron chi connectivity index (χ4n) is 3.12. The van der Waals surface area contributed by atoms with Crippen LogP contribution in [-0.2, 0) is 14.4 Å². The average molecular weight is 292 g/mol. The molecule has 0 saturated carbocycles. The minimum Gasteiger partial charge on any atom is -0.480 e. The molecule has 1 N–H and O–H groups in total. The number of carbonyl (C=O) groups is 3. The number of aliphatic carboxylic acids is 1. The quantitative estimate of drug-likeness (QED) is 0.764. The molecule has 0 aromatic rings. The molecule has 21 heavy (non-hydrogen) atoms. The average Bonchev–Trinajstić information content (AvgIpc) is 3.12. The van der Waals surface area contributed by atoms with Crippen LogP contribution in [0.2, 0.25) is 0 Å². The van der Waals surface area contributed by atoms with Gasteiger partial charge in [-0.2, -0.15) is 0 Å². The van der Waals surface area contributed by atoms with Gasteiger partial charge < -0.3 is 14.9 Å². The SMILES string of the molecule is C#CCCC(=O)N1CCC[C@@H]1C(=O)N1CCC[C@H]1C(=O)O. The molecule has 2 amide bonds. The van der Waals surface area contributed by atoms with Crippen LogP contribution in [0.1, 0.15) is 38.5 Å². The van der Waals surface area contributed by atoms with Crippen LogP contribution in [0.15, 0.2) is 0 Å². The zero-order valence-electron chi connectivity index (χ0n) is 12.0. The number of rotatable bonds is 4. The number of amides is 2. The topological polar surface area (TPSA) is 77.9 Å². The van der Waals surface area contributed by atoms with Gasteiger partial charge in [0.2, 0.25) is 11.8 Å². The molecule has 0 radical (unpaired) electrons. The van der Waals surface area contributed by atoms with Crippen LogP contribution >= 0.6 is 0 Å². The van der Waals surface area contributed by atoms with Gasteiger partial charge in [-0.15, -0.1) is 12.3 Å². The zero-order chi connectivity index (χ0) is 15.4. The lowest BCUT2D eigenvalue weighted by Gasteiger charge is -2.30. The van der Waals surface area contributed by atoms with Crippen molar-refractivity contribution in [2.45, 2.75) is 50.6 Å². The molecule has 2 rings (SSSR count). The molecule has 0 spiro atoms. The molecule has 2 heterocycles. The van der Waals surface area contributed by atoms with Gasteiger partial charge >= 0.3 is 5.97 Å². The summed E-state index contributed by atoms with van der Waals surface area (Å²) in [7, 11) is 0. The van der Waals surface area contributed by atoms with Crippen molar-refractivity contribution in [3.8, 4) is 12.3 Å². The Kier molecular flexibility index (Phi) is 4.84. The summed E-state index contributed by atoms with van der Waals surface area (Å²) in [5, 5.41) is 9.17. The van der Waals surface area contributed by atoms with Crippen LogP contribution in [-0.4, -0.2) is 57.9 Å². The molecule has 0 aromatic carbocycles. The largest absolute Gasteiger partial charge is 0.480 e. The Morgan fingerprint density at radius 3 is 2.33 bits per heavy atom. The Balaban J connectivity index is 2.05. The van der Waals surface area contributed by atoms with Gasteiger partial charge in [0.1, 0.15) is 12.1 Å². The fourth-order valence-corrected chi connectivity index (χ4v) is 3.12. The number of carbonyl (C=O) groups excluding carboxylic acids is 2. The Hall–Kier alpha value is -2.03. The molecular formula is C15H20N2O4. The van der Waals surface area contributed by atoms with E-state index in [1.54, 1.807) is 4.90 Å². The van der Waals surface area contributed by atoms with Crippen molar-refractivity contribution in [3.05, 3.63) is 0 Å². The lowest BCUT2D eigenvalue weighted by molar-refractivity contribution is -0.151. The Labute approximate surface area is 124 Å². The first-order valence-electron chi connectivity index (χ1n) is 7.32. The van der Waals surface area contributed by atoms with Gasteiger partial charge in [-0.1, -0.05) is 0 Å². The predicted octanol–water partition coefficient (Wildman–Crippen LogP) is 0.466. The number of hydrogen-bond acceptors (Lipinski definition) is 3. The molecule has 0 aromatic heterocycles. The lowest BCUT2D eigenvalue weighted by atomic mass is 10.1. The number of terminal acetylenes is 1. The highest BCUT2D eigenvalue weighted by Crippen LogP contribution is 2.25. The normalized spacial score (nSPS) is 24.9. The van der Waals surface area contributed by atoms with E-state index in [1.807, 2.05) is 0 Å². The van der Waals surface area contributed by atoms with Gasteiger partial charge in [0.15, 0.2) is 0 Å². The Morgan fingerprint density at radius 1 is 1.10 bits per heavy atom. The van der Waals surface area contributed by atoms with E-state index in [2.05, 4.69) is 5.92 Å². The highest BCUT2D eigenvalue weighted by atomic mass is 16.4. The first kappa shape index (κ1) is 15.4. The van der Waals surface area contributed by atoms with Crippen molar-refractivity contribution in [3.63, 3.8) is 0 Å². The number of hydrogen-bond donors (Lipinski definition) is 1. The molecule has 2 fully saturated rings. The van der Waals surface area contributed by atoms with E-state index in [4.69, 9.17) is 6.42 Å². The molecule has 2 aliphatic rings. The highest BCUT2D eigenvalue weighted by Gasteiger charge is 2.41. The summed E-state index contributed by atoms with van der Waals surface area (Å²) in [6.07, 6.45) is 8.31. The molecule has 2 atom stereocenters. The summed E-state index contributed by atoms with van der Waals surface area (Å²) in [6.45, 7) is 1.00. The van der Waals surface area contributed by atoms with Crippen LogP contribution in [0.25, 0.3) is 0 Å². The van der Waals surface area contributed by atoms with Gasteiger partial charge in [-0.25, -0.2) is 4.79 Å². The summed E-state index contributed by atoms with van der Waals surface area (Å²) in [5.41, 5.74) is 0. The monoisotopic (exact) mass is 292 g/mol. The first-order chi connectivity index (χ1) is 10.1. The molecule has 0 aliphatic carbocycles. The maximum atomic E-state index is 12.6. The summed E-state index contributed by atoms with van der Waals surface area (Å²) in [5.74, 6) is 1.11. The molecular weight excluding hydrogens is 272 g/mol. The van der Waals surface area contributed by atoms with E-state index in [9.17, 15) is 19.5 Å². The minimum atomic E-state index is -0.968. The first-order valence-corrected chi connectivity index (χ1v) is 7.32. The predicted molar refractivity (Wildman–Crippen MR) is 75.2 cm³/mol. The number of nitrogens with zero attached hydrogens (tertiary/aromatic N) is 2. The summed E-state index contributed by atoms with van der Waals surface area (Å²) in [6, 6.07) is -1.27. The van der Waals surface area contributed by atoms with Gasteiger partial charge in [-0.05, 0) is 25.7 Å². The Morgan fingerprint density at radius 2 is 1.71 bits per heavy atom. The van der Waals surface area contributed by atoms with Gasteiger partial charge in [-0.3, -0.25) is 9.59 Å². The maximum absolute atomic E-state index is 12.6. The van der Waals surface area contributed by atoms with Crippen LogP contribution < -0.4 is 0 Å². The molecule has 0 unspecified atom stereocenters. The molecule has 0 bridgehead atoms. The van der Waals surface area contributed by atoms with Crippen molar-refractivity contribution in [1.29, 1.82) is 0 Å². The standard InChI is InChI=1S/C15H20N2O4/c1-2-3-8-13(18)16-9-4-6-11(16)14(19)17-10-5-7-12(17)15(20)21/h1,11-12H,3-10H2,(H,20,21)/t11-,12+/m1/s1. The van der Waals surface area contributed by atoms with E-state index in [1.165, 1.54) is 4.90 Å². The summed E-state index contributed by atoms with van der Waals surface area (Å²) < 4.78 is 0. The van der Waals surface area contributed by atoms with Crippen molar-refractivity contribution >= 4 is 17.8 Å². The molecule has 2 saturated heterocycles. The second-order valence-electron chi connectivity index (χ2n) is 5.48. The summed E-state index contributed by atoms with van der Waals surface area (Å²) >= 11 is 0. The number of carboxylic acids is 1. The number of likely N-dealkylation sites (tertiary alicyclic amines) is 2. The maximum Gasteiger partial charge on any atom is 0.326 e. The van der Waals surface area contributed by atoms with Crippen molar-refractivity contribution in [2.24, 2.45) is 0 Å². The minimum absolute atomic E-state index is 0.116. The molecule has 6 heteroatoms. The Bertz CT molecular complexity index is 483. The van der Waals surface area contributed by atoms with Crippen molar-refractivity contribution in [2.75, 3.05) is 13.1 Å². The van der Waals surface area contributed by atoms with Gasteiger partial charge in [0.25, 0.3) is 0 Å². The van der Waals surface area contributed by atoms with Crippen molar-refractivity contribution < 1.29 is 19.5 Å². The van der Waals surface area contributed by atoms with Crippen LogP contribution in [0.4, 0.5) is 0 Å². The lowest BCUT2D eigenvalue weighted by Crippen LogP contribution is -2.50. The molecule has 2 aliphatic heterocycles. The third-order valence-electron chi connectivity index (χ3n) is 4.16. The third-order valence-corrected chi connectivity index (χ3v) is 4.16.